The number of hydrogen-bond acceptors (Lipinski definition) is 5. The minimum Gasteiger partial charge on any atom is -0.339 e. The second-order valence-corrected chi connectivity index (χ2v) is 8.35. The number of aryl methyl sites for hydroxylation is 1. The van der Waals surface area contributed by atoms with Crippen LogP contribution >= 0.6 is 0 Å². The van der Waals surface area contributed by atoms with Gasteiger partial charge in [0.2, 0.25) is 0 Å². The standard InChI is InChI=1S/C22H25F3N4O3/c1-13-18-20(30)27-16-9-8-15(21(31)28(2)10-11-32-22(23,24)25)12-17(16)29(18)19(26-13)14-6-4-3-5-7-14/h8,12,14H,3-7,9-11H2,1-2H3. The molecule has 2 aliphatic rings. The Labute approximate surface area is 182 Å². The number of fused-ring (bicyclic) bond motifs is 3. The van der Waals surface area contributed by atoms with Gasteiger partial charge in [0, 0.05) is 31.5 Å². The minimum absolute atomic E-state index is 0.207. The van der Waals surface area contributed by atoms with Crippen molar-refractivity contribution in [3.05, 3.63) is 44.6 Å². The van der Waals surface area contributed by atoms with E-state index in [2.05, 4.69) is 9.72 Å². The molecule has 1 amide bonds. The fourth-order valence-electron chi connectivity index (χ4n) is 4.52. The number of allylic oxidation sites excluding steroid dienone is 1. The van der Waals surface area contributed by atoms with Gasteiger partial charge in [0.1, 0.15) is 11.3 Å². The van der Waals surface area contributed by atoms with Gasteiger partial charge in [-0.05, 0) is 25.8 Å². The van der Waals surface area contributed by atoms with E-state index in [0.717, 1.165) is 31.5 Å². The van der Waals surface area contributed by atoms with Crippen LogP contribution in [0, 0.1) is 6.92 Å². The lowest BCUT2D eigenvalue weighted by Gasteiger charge is -2.22. The molecular weight excluding hydrogens is 425 g/mol. The first-order valence-corrected chi connectivity index (χ1v) is 10.8. The predicted molar refractivity (Wildman–Crippen MR) is 111 cm³/mol. The number of alkyl halides is 3. The first-order chi connectivity index (χ1) is 15.2. The second-order valence-electron chi connectivity index (χ2n) is 8.35. The van der Waals surface area contributed by atoms with Crippen LogP contribution in [0.4, 0.5) is 13.2 Å². The molecular formula is C22H25F3N4O3. The van der Waals surface area contributed by atoms with Crippen LogP contribution in [0.2, 0.25) is 0 Å². The number of aromatic nitrogens is 3. The number of carbonyl (C=O) groups excluding carboxylic acids is 1. The van der Waals surface area contributed by atoms with E-state index in [0.29, 0.717) is 27.8 Å². The molecule has 32 heavy (non-hydrogen) atoms. The van der Waals surface area contributed by atoms with E-state index in [1.807, 2.05) is 4.40 Å². The fourth-order valence-corrected chi connectivity index (χ4v) is 4.52. The third kappa shape index (κ3) is 4.41. The zero-order valence-corrected chi connectivity index (χ0v) is 18.0. The van der Waals surface area contributed by atoms with Crippen LogP contribution in [0.3, 0.4) is 0 Å². The van der Waals surface area contributed by atoms with E-state index >= 15 is 0 Å². The molecule has 0 spiro atoms. The summed E-state index contributed by atoms with van der Waals surface area (Å²) in [6.07, 6.45) is 4.24. The fraction of sp³-hybridized carbons (Fsp3) is 0.545. The number of amides is 1. The van der Waals surface area contributed by atoms with Crippen molar-refractivity contribution in [3.63, 3.8) is 0 Å². The third-order valence-corrected chi connectivity index (χ3v) is 6.12. The van der Waals surface area contributed by atoms with Gasteiger partial charge in [0.05, 0.1) is 23.3 Å². The van der Waals surface area contributed by atoms with Crippen molar-refractivity contribution in [2.45, 2.75) is 57.7 Å². The Balaban J connectivity index is 1.70. The zero-order chi connectivity index (χ0) is 23.0. The summed E-state index contributed by atoms with van der Waals surface area (Å²) in [5.74, 6) is 0.637. The highest BCUT2D eigenvalue weighted by atomic mass is 19.4. The first-order valence-electron chi connectivity index (χ1n) is 10.8. The largest absolute Gasteiger partial charge is 0.522 e. The molecule has 1 saturated carbocycles. The molecule has 10 heteroatoms. The lowest BCUT2D eigenvalue weighted by Crippen LogP contribution is -2.36. The van der Waals surface area contributed by atoms with Gasteiger partial charge in [0.15, 0.2) is 0 Å². The molecule has 0 N–H and O–H groups in total. The van der Waals surface area contributed by atoms with Crippen molar-refractivity contribution in [3.8, 4) is 0 Å². The maximum Gasteiger partial charge on any atom is 0.522 e. The summed E-state index contributed by atoms with van der Waals surface area (Å²) in [6, 6.07) is 0. The summed E-state index contributed by atoms with van der Waals surface area (Å²) in [6.45, 7) is 0.935. The van der Waals surface area contributed by atoms with Crippen molar-refractivity contribution in [1.82, 2.24) is 19.3 Å². The molecule has 2 aromatic rings. The maximum atomic E-state index is 12.8. The lowest BCUT2D eigenvalue weighted by atomic mass is 9.88. The van der Waals surface area contributed by atoms with Gasteiger partial charge in [-0.25, -0.2) is 9.97 Å². The average Bonchev–Trinajstić information content (AvgIpc) is 3.11. The smallest absolute Gasteiger partial charge is 0.339 e. The maximum absolute atomic E-state index is 12.8. The Bertz CT molecular complexity index is 1180. The first kappa shape index (κ1) is 22.4. The van der Waals surface area contributed by atoms with E-state index in [9.17, 15) is 22.8 Å². The highest BCUT2D eigenvalue weighted by Crippen LogP contribution is 2.32. The number of halogens is 3. The molecule has 1 fully saturated rings. The van der Waals surface area contributed by atoms with Crippen LogP contribution in [0.25, 0.3) is 11.6 Å². The third-order valence-electron chi connectivity index (χ3n) is 6.12. The van der Waals surface area contributed by atoms with Crippen LogP contribution in [-0.2, 0) is 16.0 Å². The van der Waals surface area contributed by atoms with Crippen molar-refractivity contribution in [2.24, 2.45) is 0 Å². The summed E-state index contributed by atoms with van der Waals surface area (Å²) in [7, 11) is 1.43. The second kappa shape index (κ2) is 8.65. The molecule has 2 aliphatic carbocycles. The molecule has 0 saturated heterocycles. The molecule has 4 rings (SSSR count). The normalized spacial score (nSPS) is 17.1. The summed E-state index contributed by atoms with van der Waals surface area (Å²) >= 11 is 0. The summed E-state index contributed by atoms with van der Waals surface area (Å²) in [5.41, 5.74) is 1.60. The molecule has 0 aromatic carbocycles. The number of carbonyl (C=O) groups is 1. The van der Waals surface area contributed by atoms with Crippen LogP contribution in [0.1, 0.15) is 55.2 Å². The molecule has 172 valence electrons. The number of ether oxygens (including phenoxy) is 1. The van der Waals surface area contributed by atoms with Crippen LogP contribution in [0.5, 0.6) is 0 Å². The zero-order valence-electron chi connectivity index (χ0n) is 18.0. The van der Waals surface area contributed by atoms with Gasteiger partial charge in [-0.15, -0.1) is 13.2 Å². The number of rotatable bonds is 5. The number of likely N-dealkylation sites (N-methyl/N-ethyl adjacent to an activating group) is 1. The molecule has 0 bridgehead atoms. The van der Waals surface area contributed by atoms with Crippen LogP contribution in [-0.4, -0.2) is 51.7 Å². The Morgan fingerprint density at radius 2 is 1.97 bits per heavy atom. The molecule has 0 unspecified atom stereocenters. The monoisotopic (exact) mass is 450 g/mol. The van der Waals surface area contributed by atoms with Gasteiger partial charge in [-0.2, -0.15) is 0 Å². The topological polar surface area (TPSA) is 76.8 Å². The van der Waals surface area contributed by atoms with Gasteiger partial charge >= 0.3 is 6.36 Å². The highest BCUT2D eigenvalue weighted by molar-refractivity contribution is 6.01. The van der Waals surface area contributed by atoms with Crippen molar-refractivity contribution < 1.29 is 22.7 Å². The van der Waals surface area contributed by atoms with Crippen LogP contribution in [0.15, 0.2) is 16.4 Å². The molecule has 0 radical (unpaired) electrons. The Morgan fingerprint density at radius 3 is 2.66 bits per heavy atom. The van der Waals surface area contributed by atoms with Gasteiger partial charge in [-0.3, -0.25) is 18.7 Å². The van der Waals surface area contributed by atoms with Gasteiger partial charge in [-0.1, -0.05) is 25.3 Å². The summed E-state index contributed by atoms with van der Waals surface area (Å²) in [5, 5.41) is 0.645. The van der Waals surface area contributed by atoms with Crippen molar-refractivity contribution in [1.29, 1.82) is 0 Å². The summed E-state index contributed by atoms with van der Waals surface area (Å²) < 4.78 is 42.3. The van der Waals surface area contributed by atoms with E-state index in [4.69, 9.17) is 4.98 Å². The molecule has 0 atom stereocenters. The van der Waals surface area contributed by atoms with Gasteiger partial charge in [0.25, 0.3) is 11.5 Å². The van der Waals surface area contributed by atoms with Crippen LogP contribution < -0.4 is 10.9 Å². The lowest BCUT2D eigenvalue weighted by molar-refractivity contribution is -0.324. The average molecular weight is 450 g/mol. The number of nitrogens with zero attached hydrogens (tertiary/aromatic N) is 4. The highest BCUT2D eigenvalue weighted by Gasteiger charge is 2.29. The molecule has 2 aromatic heterocycles. The minimum atomic E-state index is -4.73. The van der Waals surface area contributed by atoms with Crippen molar-refractivity contribution in [2.75, 3.05) is 20.2 Å². The quantitative estimate of drug-likeness (QED) is 0.700. The van der Waals surface area contributed by atoms with E-state index in [1.165, 1.54) is 18.4 Å². The molecule has 7 nitrogen and oxygen atoms in total. The summed E-state index contributed by atoms with van der Waals surface area (Å²) in [4.78, 5) is 35.7. The Hall–Kier alpha value is -2.75. The van der Waals surface area contributed by atoms with Gasteiger partial charge < -0.3 is 4.90 Å². The number of imidazole rings is 1. The van der Waals surface area contributed by atoms with E-state index in [1.54, 1.807) is 19.1 Å². The Morgan fingerprint density at radius 1 is 1.25 bits per heavy atom. The SMILES string of the molecule is Cc1nc(C2CCCCC2)n2c3c(nc(=O)c12)CC=C(C(=O)N(C)CCOC(F)(F)F)C=3. The number of hydrogen-bond donors (Lipinski definition) is 0. The molecule has 2 heterocycles. The van der Waals surface area contributed by atoms with E-state index in [-0.39, 0.29) is 24.4 Å². The van der Waals surface area contributed by atoms with Crippen molar-refractivity contribution >= 4 is 17.5 Å². The predicted octanol–water partition coefficient (Wildman–Crippen LogP) is 2.42. The van der Waals surface area contributed by atoms with E-state index < -0.39 is 18.9 Å². The Kier molecular flexibility index (Phi) is 6.07. The molecule has 0 aliphatic heterocycles.